The van der Waals surface area contributed by atoms with Crippen molar-refractivity contribution in [2.24, 2.45) is 0 Å². The average molecular weight is 373 g/mol. The number of amides is 1. The van der Waals surface area contributed by atoms with Gasteiger partial charge in [-0.3, -0.25) is 4.79 Å². The molecule has 0 aliphatic heterocycles. The maximum atomic E-state index is 12.3. The van der Waals surface area contributed by atoms with Crippen molar-refractivity contribution in [1.29, 1.82) is 0 Å². The van der Waals surface area contributed by atoms with Gasteiger partial charge in [-0.05, 0) is 48.1 Å². The summed E-state index contributed by atoms with van der Waals surface area (Å²) in [5.41, 5.74) is 1.26. The molecule has 0 unspecified atom stereocenters. The van der Waals surface area contributed by atoms with Gasteiger partial charge in [0.05, 0.1) is 12.7 Å². The molecular formula is C20H23NO4S. The molecule has 0 saturated heterocycles. The van der Waals surface area contributed by atoms with Crippen LogP contribution in [-0.4, -0.2) is 41.8 Å². The zero-order chi connectivity index (χ0) is 18.9. The van der Waals surface area contributed by atoms with Gasteiger partial charge in [0, 0.05) is 24.9 Å². The Balaban J connectivity index is 1.81. The van der Waals surface area contributed by atoms with Crippen molar-refractivity contribution in [3.63, 3.8) is 0 Å². The Labute approximate surface area is 158 Å². The first-order valence-electron chi connectivity index (χ1n) is 8.33. The van der Waals surface area contributed by atoms with E-state index in [-0.39, 0.29) is 11.7 Å². The van der Waals surface area contributed by atoms with Gasteiger partial charge in [-0.1, -0.05) is 18.2 Å². The van der Waals surface area contributed by atoms with Gasteiger partial charge < -0.3 is 14.7 Å². The fraction of sp³-hybridized carbons (Fsp3) is 0.300. The molecule has 5 nitrogen and oxygen atoms in total. The van der Waals surface area contributed by atoms with Crippen molar-refractivity contribution < 1.29 is 19.4 Å². The Morgan fingerprint density at radius 1 is 1.12 bits per heavy atom. The lowest BCUT2D eigenvalue weighted by Gasteiger charge is -2.18. The number of esters is 1. The summed E-state index contributed by atoms with van der Waals surface area (Å²) in [4.78, 5) is 26.8. The Kier molecular flexibility index (Phi) is 7.53. The zero-order valence-corrected chi connectivity index (χ0v) is 15.8. The molecule has 0 spiro atoms. The number of methoxy groups -OCH3 is 1. The predicted octanol–water partition coefficient (Wildman–Crippen LogP) is 3.71. The lowest BCUT2D eigenvalue weighted by Crippen LogP contribution is -2.27. The Morgan fingerprint density at radius 3 is 2.50 bits per heavy atom. The Morgan fingerprint density at radius 2 is 1.81 bits per heavy atom. The van der Waals surface area contributed by atoms with Crippen molar-refractivity contribution in [2.75, 3.05) is 19.9 Å². The number of phenols is 1. The second-order valence-corrected chi connectivity index (χ2v) is 7.01. The number of thioether (sulfide) groups is 1. The minimum Gasteiger partial charge on any atom is -0.508 e. The van der Waals surface area contributed by atoms with E-state index < -0.39 is 5.97 Å². The van der Waals surface area contributed by atoms with Crippen LogP contribution in [0.4, 0.5) is 0 Å². The smallest absolute Gasteiger partial charge is 0.338 e. The molecule has 26 heavy (non-hydrogen) atoms. The first-order valence-corrected chi connectivity index (χ1v) is 9.32. The maximum Gasteiger partial charge on any atom is 0.338 e. The second-order valence-electron chi connectivity index (χ2n) is 5.84. The highest BCUT2D eigenvalue weighted by atomic mass is 32.2. The number of phenolic OH excluding ortho intramolecular Hbond substituents is 1. The van der Waals surface area contributed by atoms with Crippen LogP contribution in [0.25, 0.3) is 0 Å². The standard InChI is InChI=1S/C20H23NO4S/c1-21(14-15-6-3-4-7-18(15)20(24)25-2)19(23)8-5-13-26-17-11-9-16(22)10-12-17/h3-4,6-7,9-12,22H,5,8,13-14H2,1-2H3. The van der Waals surface area contributed by atoms with Crippen molar-refractivity contribution in [2.45, 2.75) is 24.3 Å². The summed E-state index contributed by atoms with van der Waals surface area (Å²) in [5.74, 6) is 0.712. The van der Waals surface area contributed by atoms with Crippen molar-refractivity contribution >= 4 is 23.6 Å². The number of carbonyl (C=O) groups is 2. The largest absolute Gasteiger partial charge is 0.508 e. The number of nitrogens with zero attached hydrogens (tertiary/aromatic N) is 1. The molecule has 0 heterocycles. The molecule has 1 N–H and O–H groups in total. The van der Waals surface area contributed by atoms with E-state index in [4.69, 9.17) is 4.74 Å². The highest BCUT2D eigenvalue weighted by Gasteiger charge is 2.15. The molecule has 2 rings (SSSR count). The average Bonchev–Trinajstić information content (AvgIpc) is 2.66. The minimum absolute atomic E-state index is 0.0379. The van der Waals surface area contributed by atoms with Crippen molar-refractivity contribution in [1.82, 2.24) is 4.90 Å². The minimum atomic E-state index is -0.397. The molecule has 0 aliphatic carbocycles. The number of carbonyl (C=O) groups excluding carboxylic acids is 2. The molecule has 0 aliphatic rings. The van der Waals surface area contributed by atoms with E-state index in [1.165, 1.54) is 7.11 Å². The molecule has 0 radical (unpaired) electrons. The van der Waals surface area contributed by atoms with E-state index in [0.717, 1.165) is 22.6 Å². The molecule has 1 amide bonds. The highest BCUT2D eigenvalue weighted by molar-refractivity contribution is 7.99. The summed E-state index contributed by atoms with van der Waals surface area (Å²) in [5, 5.41) is 9.26. The molecule has 0 saturated carbocycles. The zero-order valence-electron chi connectivity index (χ0n) is 15.0. The van der Waals surface area contributed by atoms with Gasteiger partial charge in [0.2, 0.25) is 5.91 Å². The van der Waals surface area contributed by atoms with E-state index in [0.29, 0.717) is 18.5 Å². The molecule has 0 fully saturated rings. The van der Waals surface area contributed by atoms with Gasteiger partial charge in [-0.2, -0.15) is 0 Å². The Hall–Kier alpha value is -2.47. The van der Waals surface area contributed by atoms with Crippen LogP contribution in [0.2, 0.25) is 0 Å². The van der Waals surface area contributed by atoms with Gasteiger partial charge >= 0.3 is 5.97 Å². The third-order valence-corrected chi connectivity index (χ3v) is 4.99. The fourth-order valence-corrected chi connectivity index (χ4v) is 3.31. The van der Waals surface area contributed by atoms with E-state index in [9.17, 15) is 14.7 Å². The highest BCUT2D eigenvalue weighted by Crippen LogP contribution is 2.22. The van der Waals surface area contributed by atoms with Gasteiger partial charge in [-0.25, -0.2) is 4.79 Å². The van der Waals surface area contributed by atoms with Crippen LogP contribution in [0.5, 0.6) is 5.75 Å². The summed E-state index contributed by atoms with van der Waals surface area (Å²) < 4.78 is 4.79. The number of hydrogen-bond acceptors (Lipinski definition) is 5. The normalized spacial score (nSPS) is 10.4. The van der Waals surface area contributed by atoms with Crippen LogP contribution in [0.1, 0.15) is 28.8 Å². The van der Waals surface area contributed by atoms with Crippen LogP contribution < -0.4 is 0 Å². The first kappa shape index (κ1) is 19.8. The lowest BCUT2D eigenvalue weighted by atomic mass is 10.1. The van der Waals surface area contributed by atoms with Crippen LogP contribution in [0.15, 0.2) is 53.4 Å². The van der Waals surface area contributed by atoms with E-state index in [1.807, 2.05) is 24.3 Å². The SMILES string of the molecule is COC(=O)c1ccccc1CN(C)C(=O)CCCSc1ccc(O)cc1. The maximum absolute atomic E-state index is 12.3. The molecule has 6 heteroatoms. The summed E-state index contributed by atoms with van der Waals surface area (Å²) in [7, 11) is 3.09. The molecule has 0 bridgehead atoms. The quantitative estimate of drug-likeness (QED) is 0.434. The topological polar surface area (TPSA) is 66.8 Å². The van der Waals surface area contributed by atoms with Gasteiger partial charge in [0.1, 0.15) is 5.75 Å². The van der Waals surface area contributed by atoms with Crippen LogP contribution in [0, 0.1) is 0 Å². The first-order chi connectivity index (χ1) is 12.5. The van der Waals surface area contributed by atoms with Gasteiger partial charge in [0.25, 0.3) is 0 Å². The monoisotopic (exact) mass is 373 g/mol. The number of benzene rings is 2. The fourth-order valence-electron chi connectivity index (χ4n) is 2.46. The summed E-state index contributed by atoms with van der Waals surface area (Å²) in [6, 6.07) is 14.2. The number of ether oxygens (including phenoxy) is 1. The molecule has 0 atom stereocenters. The third kappa shape index (κ3) is 5.81. The molecule has 138 valence electrons. The third-order valence-electron chi connectivity index (χ3n) is 3.90. The summed E-state index contributed by atoms with van der Waals surface area (Å²) in [6.07, 6.45) is 1.20. The molecular weight excluding hydrogens is 350 g/mol. The molecule has 0 aromatic heterocycles. The van der Waals surface area contributed by atoms with Crippen LogP contribution in [0.3, 0.4) is 0 Å². The summed E-state index contributed by atoms with van der Waals surface area (Å²) in [6.45, 7) is 0.370. The van der Waals surface area contributed by atoms with E-state index in [1.54, 1.807) is 48.0 Å². The van der Waals surface area contributed by atoms with Crippen molar-refractivity contribution in [3.05, 3.63) is 59.7 Å². The molecule has 2 aromatic carbocycles. The van der Waals surface area contributed by atoms with Crippen LogP contribution >= 0.6 is 11.8 Å². The number of rotatable bonds is 8. The van der Waals surface area contributed by atoms with Crippen molar-refractivity contribution in [3.8, 4) is 5.75 Å². The molecule has 2 aromatic rings. The lowest BCUT2D eigenvalue weighted by molar-refractivity contribution is -0.130. The number of hydrogen-bond donors (Lipinski definition) is 1. The van der Waals surface area contributed by atoms with E-state index in [2.05, 4.69) is 0 Å². The van der Waals surface area contributed by atoms with Crippen LogP contribution in [-0.2, 0) is 16.1 Å². The van der Waals surface area contributed by atoms with Gasteiger partial charge in [-0.15, -0.1) is 11.8 Å². The number of aromatic hydroxyl groups is 1. The van der Waals surface area contributed by atoms with Gasteiger partial charge in [0.15, 0.2) is 0 Å². The second kappa shape index (κ2) is 9.87. The Bertz CT molecular complexity index is 746. The van der Waals surface area contributed by atoms with E-state index >= 15 is 0 Å². The summed E-state index contributed by atoms with van der Waals surface area (Å²) >= 11 is 1.65. The predicted molar refractivity (Wildman–Crippen MR) is 102 cm³/mol.